The molecule has 2 aromatic rings. The van der Waals surface area contributed by atoms with E-state index in [1.165, 1.54) is 0 Å². The van der Waals surface area contributed by atoms with Gasteiger partial charge >= 0.3 is 0 Å². The quantitative estimate of drug-likeness (QED) is 0.904. The Balaban J connectivity index is 2.54. The van der Waals surface area contributed by atoms with Crippen LogP contribution in [0.15, 0.2) is 16.6 Å². The Hall–Kier alpha value is -1.27. The Morgan fingerprint density at radius 1 is 1.44 bits per heavy atom. The van der Waals surface area contributed by atoms with Gasteiger partial charge in [0.15, 0.2) is 0 Å². The monoisotopic (exact) mass is 281 g/mol. The van der Waals surface area contributed by atoms with E-state index >= 15 is 0 Å². The lowest BCUT2D eigenvalue weighted by Crippen LogP contribution is -2.05. The zero-order chi connectivity index (χ0) is 11.7. The number of halogens is 1. The molecule has 6 heteroatoms. The Morgan fingerprint density at radius 2 is 2.19 bits per heavy atom. The maximum absolute atomic E-state index is 5.66. The molecule has 0 aromatic carbocycles. The number of pyridine rings is 1. The molecule has 0 bridgehead atoms. The molecule has 2 heterocycles. The molecule has 0 amide bonds. The summed E-state index contributed by atoms with van der Waals surface area (Å²) in [4.78, 5) is 4.45. The van der Waals surface area contributed by atoms with Crippen LogP contribution in [0.1, 0.15) is 11.4 Å². The average Bonchev–Trinajstić information content (AvgIpc) is 2.63. The van der Waals surface area contributed by atoms with E-state index in [4.69, 9.17) is 5.73 Å². The topological polar surface area (TPSA) is 69.6 Å². The summed E-state index contributed by atoms with van der Waals surface area (Å²) < 4.78 is 2.66. The van der Waals surface area contributed by atoms with Crippen LogP contribution in [-0.4, -0.2) is 20.0 Å². The zero-order valence-electron chi connectivity index (χ0n) is 9.11. The third-order valence-electron chi connectivity index (χ3n) is 2.40. The summed E-state index contributed by atoms with van der Waals surface area (Å²) in [6.07, 6.45) is 0. The van der Waals surface area contributed by atoms with Crippen molar-refractivity contribution in [1.29, 1.82) is 0 Å². The van der Waals surface area contributed by atoms with E-state index in [2.05, 4.69) is 31.2 Å². The lowest BCUT2D eigenvalue weighted by molar-refractivity contribution is 0.678. The Morgan fingerprint density at radius 3 is 2.81 bits per heavy atom. The summed E-state index contributed by atoms with van der Waals surface area (Å²) >= 11 is 3.41. The lowest BCUT2D eigenvalue weighted by Gasteiger charge is -2.03. The standard InChI is InChI=1S/C10H12BrN5/c1-6-7(11)3-4-8(13-6)10-9(5-12)16(2)15-14-10/h3-4H,5,12H2,1-2H3. The number of rotatable bonds is 2. The van der Waals surface area contributed by atoms with Gasteiger partial charge in [-0.3, -0.25) is 9.67 Å². The molecule has 0 aliphatic carbocycles. The SMILES string of the molecule is Cc1nc(-c2nnn(C)c2CN)ccc1Br. The summed E-state index contributed by atoms with van der Waals surface area (Å²) in [5.41, 5.74) is 9.02. The second kappa shape index (κ2) is 4.31. The van der Waals surface area contributed by atoms with Crippen molar-refractivity contribution in [2.75, 3.05) is 0 Å². The Kier molecular flexibility index (Phi) is 3.02. The van der Waals surface area contributed by atoms with Gasteiger partial charge in [0.2, 0.25) is 0 Å². The van der Waals surface area contributed by atoms with E-state index < -0.39 is 0 Å². The highest BCUT2D eigenvalue weighted by molar-refractivity contribution is 9.10. The van der Waals surface area contributed by atoms with Gasteiger partial charge in [0, 0.05) is 18.1 Å². The van der Waals surface area contributed by atoms with Gasteiger partial charge < -0.3 is 5.73 Å². The summed E-state index contributed by atoms with van der Waals surface area (Å²) in [5.74, 6) is 0. The molecule has 0 radical (unpaired) electrons. The molecule has 2 N–H and O–H groups in total. The van der Waals surface area contributed by atoms with Gasteiger partial charge in [-0.05, 0) is 35.0 Å². The second-order valence-electron chi connectivity index (χ2n) is 3.48. The van der Waals surface area contributed by atoms with Crippen LogP contribution >= 0.6 is 15.9 Å². The number of hydrogen-bond donors (Lipinski definition) is 1. The van der Waals surface area contributed by atoms with Crippen LogP contribution in [0.5, 0.6) is 0 Å². The van der Waals surface area contributed by atoms with E-state index in [1.54, 1.807) is 4.68 Å². The lowest BCUT2D eigenvalue weighted by atomic mass is 10.2. The van der Waals surface area contributed by atoms with Gasteiger partial charge in [0.25, 0.3) is 0 Å². The third-order valence-corrected chi connectivity index (χ3v) is 3.24. The number of aryl methyl sites for hydroxylation is 2. The van der Waals surface area contributed by atoms with E-state index in [0.29, 0.717) is 6.54 Å². The second-order valence-corrected chi connectivity index (χ2v) is 4.33. The van der Waals surface area contributed by atoms with Crippen LogP contribution in [0.25, 0.3) is 11.4 Å². The van der Waals surface area contributed by atoms with E-state index in [-0.39, 0.29) is 0 Å². The molecular formula is C10H12BrN5. The van der Waals surface area contributed by atoms with Crippen molar-refractivity contribution in [3.8, 4) is 11.4 Å². The van der Waals surface area contributed by atoms with E-state index in [0.717, 1.165) is 27.2 Å². The first-order valence-corrected chi connectivity index (χ1v) is 5.65. The molecule has 16 heavy (non-hydrogen) atoms. The fourth-order valence-corrected chi connectivity index (χ4v) is 1.70. The molecule has 2 rings (SSSR count). The number of hydrogen-bond acceptors (Lipinski definition) is 4. The van der Waals surface area contributed by atoms with Crippen LogP contribution in [0.3, 0.4) is 0 Å². The predicted molar refractivity (Wildman–Crippen MR) is 64.6 cm³/mol. The fourth-order valence-electron chi connectivity index (χ4n) is 1.48. The van der Waals surface area contributed by atoms with Crippen LogP contribution in [0.2, 0.25) is 0 Å². The number of nitrogens with two attached hydrogens (primary N) is 1. The molecule has 0 saturated carbocycles. The average molecular weight is 282 g/mol. The highest BCUT2D eigenvalue weighted by Gasteiger charge is 2.12. The molecule has 5 nitrogen and oxygen atoms in total. The van der Waals surface area contributed by atoms with Crippen LogP contribution in [0.4, 0.5) is 0 Å². The number of nitrogens with zero attached hydrogens (tertiary/aromatic N) is 4. The van der Waals surface area contributed by atoms with Crippen molar-refractivity contribution in [1.82, 2.24) is 20.0 Å². The molecule has 0 saturated heterocycles. The van der Waals surface area contributed by atoms with Crippen LogP contribution in [-0.2, 0) is 13.6 Å². The van der Waals surface area contributed by atoms with Gasteiger partial charge in [-0.15, -0.1) is 5.10 Å². The van der Waals surface area contributed by atoms with Gasteiger partial charge in [0.05, 0.1) is 17.1 Å². The van der Waals surface area contributed by atoms with Crippen molar-refractivity contribution in [2.24, 2.45) is 12.8 Å². The predicted octanol–water partition coefficient (Wildman–Crippen LogP) is 1.41. The van der Waals surface area contributed by atoms with Gasteiger partial charge in [-0.1, -0.05) is 5.21 Å². The maximum Gasteiger partial charge on any atom is 0.135 e. The van der Waals surface area contributed by atoms with E-state index in [1.807, 2.05) is 26.1 Å². The zero-order valence-corrected chi connectivity index (χ0v) is 10.7. The molecule has 0 aliphatic heterocycles. The van der Waals surface area contributed by atoms with Gasteiger partial charge in [-0.25, -0.2) is 0 Å². The van der Waals surface area contributed by atoms with Gasteiger partial charge in [0.1, 0.15) is 5.69 Å². The summed E-state index contributed by atoms with van der Waals surface area (Å²) in [5, 5.41) is 8.03. The van der Waals surface area contributed by atoms with Crippen molar-refractivity contribution >= 4 is 15.9 Å². The molecule has 0 atom stereocenters. The van der Waals surface area contributed by atoms with Crippen molar-refractivity contribution in [2.45, 2.75) is 13.5 Å². The van der Waals surface area contributed by atoms with Crippen LogP contribution in [0, 0.1) is 6.92 Å². The molecule has 0 fully saturated rings. The van der Waals surface area contributed by atoms with Crippen molar-refractivity contribution in [3.05, 3.63) is 28.0 Å². The summed E-state index contributed by atoms with van der Waals surface area (Å²) in [6.45, 7) is 2.34. The molecule has 0 aliphatic rings. The first kappa shape index (κ1) is 11.2. The minimum Gasteiger partial charge on any atom is -0.325 e. The normalized spacial score (nSPS) is 10.8. The Bertz CT molecular complexity index is 520. The fraction of sp³-hybridized carbons (Fsp3) is 0.300. The Labute approximate surface area is 102 Å². The summed E-state index contributed by atoms with van der Waals surface area (Å²) in [6, 6.07) is 3.85. The molecule has 84 valence electrons. The molecule has 0 spiro atoms. The molecule has 0 unspecified atom stereocenters. The smallest absolute Gasteiger partial charge is 0.135 e. The molecule has 2 aromatic heterocycles. The molecular weight excluding hydrogens is 270 g/mol. The maximum atomic E-state index is 5.66. The van der Waals surface area contributed by atoms with Crippen molar-refractivity contribution < 1.29 is 0 Å². The third kappa shape index (κ3) is 1.85. The first-order valence-electron chi connectivity index (χ1n) is 4.85. The largest absolute Gasteiger partial charge is 0.325 e. The van der Waals surface area contributed by atoms with Crippen molar-refractivity contribution in [3.63, 3.8) is 0 Å². The highest BCUT2D eigenvalue weighted by Crippen LogP contribution is 2.22. The minimum absolute atomic E-state index is 0.398. The minimum atomic E-state index is 0.398. The first-order chi connectivity index (χ1) is 7.63. The van der Waals surface area contributed by atoms with Crippen LogP contribution < -0.4 is 5.73 Å². The summed E-state index contributed by atoms with van der Waals surface area (Å²) in [7, 11) is 1.82. The van der Waals surface area contributed by atoms with Gasteiger partial charge in [-0.2, -0.15) is 0 Å². The highest BCUT2D eigenvalue weighted by atomic mass is 79.9. The van der Waals surface area contributed by atoms with E-state index in [9.17, 15) is 0 Å². The number of aromatic nitrogens is 4.